The van der Waals surface area contributed by atoms with Crippen molar-refractivity contribution in [3.8, 4) is 22.6 Å². The Morgan fingerprint density at radius 2 is 1.38 bits per heavy atom. The molecule has 0 aromatic heterocycles. The summed E-state index contributed by atoms with van der Waals surface area (Å²) >= 11 is 0. The predicted octanol–water partition coefficient (Wildman–Crippen LogP) is 6.09. The van der Waals surface area contributed by atoms with Gasteiger partial charge in [0.1, 0.15) is 17.8 Å². The molecule has 2 unspecified atom stereocenters. The van der Waals surface area contributed by atoms with Gasteiger partial charge in [0, 0.05) is 31.1 Å². The van der Waals surface area contributed by atoms with Gasteiger partial charge in [-0.3, -0.25) is 10.1 Å². The lowest BCUT2D eigenvalue weighted by Crippen LogP contribution is -2.57. The van der Waals surface area contributed by atoms with Crippen LogP contribution in [0.1, 0.15) is 39.3 Å². The highest BCUT2D eigenvalue weighted by Gasteiger charge is 2.46. The van der Waals surface area contributed by atoms with Crippen molar-refractivity contribution >= 4 is 21.4 Å². The molecule has 0 saturated carbocycles. The number of hydrogen-bond acceptors (Lipinski definition) is 7. The van der Waals surface area contributed by atoms with E-state index < -0.39 is 39.7 Å². The molecule has 0 aliphatic carbocycles. The summed E-state index contributed by atoms with van der Waals surface area (Å²) in [6.07, 6.45) is -3.78. The second-order valence-corrected chi connectivity index (χ2v) is 12.8. The van der Waals surface area contributed by atoms with E-state index in [2.05, 4.69) is 16.0 Å². The quantitative estimate of drug-likeness (QED) is 0.135. The Balaban J connectivity index is 1.70. The van der Waals surface area contributed by atoms with Gasteiger partial charge in [-0.25, -0.2) is 12.8 Å². The van der Waals surface area contributed by atoms with Gasteiger partial charge in [0.25, 0.3) is 0 Å². The number of alkyl halides is 4. The molecule has 0 saturated heterocycles. The molecule has 13 heteroatoms. The van der Waals surface area contributed by atoms with Crippen molar-refractivity contribution in [2.75, 3.05) is 37.9 Å². The minimum Gasteiger partial charge on any atom is -0.490 e. The molecule has 0 spiro atoms. The summed E-state index contributed by atoms with van der Waals surface area (Å²) < 4.78 is 92.5. The van der Waals surface area contributed by atoms with Gasteiger partial charge >= 0.3 is 6.18 Å². The topological polar surface area (TPSA) is 106 Å². The van der Waals surface area contributed by atoms with Gasteiger partial charge in [0.05, 0.1) is 18.1 Å². The molecule has 0 aliphatic rings. The zero-order valence-electron chi connectivity index (χ0n) is 25.8. The number of anilines is 1. The highest BCUT2D eigenvalue weighted by Crippen LogP contribution is 2.36. The smallest absolute Gasteiger partial charge is 0.407 e. The third kappa shape index (κ3) is 10.1. The average Bonchev–Trinajstić information content (AvgIpc) is 2.95. The van der Waals surface area contributed by atoms with Crippen LogP contribution in [0.15, 0.2) is 71.6 Å². The number of carbonyl (C=O) groups is 1. The number of ether oxygens (including phenoxy) is 2. The lowest BCUT2D eigenvalue weighted by Gasteiger charge is -2.32. The SMILES string of the molecule is CCOc1ccc(NCCNC(=O)C(NC(c2ccc(-c3ccc(S(C)(=O)=O)cc3)cc2)C(F)(F)F)C(C)(C)F)cc1OCC. The Bertz CT molecular complexity index is 1520. The monoisotopic (exact) mass is 653 g/mol. The zero-order chi connectivity index (χ0) is 33.4. The molecule has 1 amide bonds. The minimum absolute atomic E-state index is 0.00771. The largest absolute Gasteiger partial charge is 0.490 e. The van der Waals surface area contributed by atoms with Crippen LogP contribution in [0.2, 0.25) is 0 Å². The van der Waals surface area contributed by atoms with Crippen LogP contribution >= 0.6 is 0 Å². The summed E-state index contributed by atoms with van der Waals surface area (Å²) in [5.74, 6) is 0.185. The Morgan fingerprint density at radius 3 is 1.89 bits per heavy atom. The molecular formula is C32H39F4N3O5S. The number of benzene rings is 3. The van der Waals surface area contributed by atoms with E-state index in [9.17, 15) is 26.4 Å². The molecule has 45 heavy (non-hydrogen) atoms. The average molecular weight is 654 g/mol. The zero-order valence-corrected chi connectivity index (χ0v) is 26.6. The number of amides is 1. The first-order chi connectivity index (χ1) is 21.0. The van der Waals surface area contributed by atoms with Crippen molar-refractivity contribution in [2.45, 2.75) is 56.5 Å². The number of rotatable bonds is 15. The maximum atomic E-state index is 15.2. The fourth-order valence-corrected chi connectivity index (χ4v) is 5.18. The molecule has 0 heterocycles. The molecule has 246 valence electrons. The number of nitrogens with one attached hydrogen (secondary N) is 3. The van der Waals surface area contributed by atoms with Gasteiger partial charge in [0.15, 0.2) is 21.3 Å². The third-order valence-electron chi connectivity index (χ3n) is 6.77. The van der Waals surface area contributed by atoms with Crippen molar-refractivity contribution < 1.29 is 40.2 Å². The Kier molecular flexibility index (Phi) is 11.8. The number of carbonyl (C=O) groups excluding carboxylic acids is 1. The molecule has 3 aromatic carbocycles. The van der Waals surface area contributed by atoms with Crippen molar-refractivity contribution in [1.29, 1.82) is 0 Å². The number of sulfone groups is 1. The molecule has 0 radical (unpaired) electrons. The summed E-state index contributed by atoms with van der Waals surface area (Å²) in [7, 11) is -3.40. The van der Waals surface area contributed by atoms with Crippen molar-refractivity contribution in [2.24, 2.45) is 0 Å². The lowest BCUT2D eigenvalue weighted by molar-refractivity contribution is -0.163. The van der Waals surface area contributed by atoms with E-state index in [1.807, 2.05) is 13.8 Å². The lowest BCUT2D eigenvalue weighted by atomic mass is 9.95. The third-order valence-corrected chi connectivity index (χ3v) is 7.89. The Morgan fingerprint density at radius 1 is 0.822 bits per heavy atom. The second kappa shape index (κ2) is 15.0. The molecule has 3 aromatic rings. The van der Waals surface area contributed by atoms with Gasteiger partial charge in [-0.05, 0) is 68.7 Å². The predicted molar refractivity (Wildman–Crippen MR) is 166 cm³/mol. The number of halogens is 4. The van der Waals surface area contributed by atoms with Gasteiger partial charge in [-0.2, -0.15) is 13.2 Å². The van der Waals surface area contributed by atoms with E-state index in [1.165, 1.54) is 36.4 Å². The highest BCUT2D eigenvalue weighted by molar-refractivity contribution is 7.90. The summed E-state index contributed by atoms with van der Waals surface area (Å²) in [4.78, 5) is 13.1. The van der Waals surface area contributed by atoms with Gasteiger partial charge in [-0.1, -0.05) is 36.4 Å². The van der Waals surface area contributed by atoms with Crippen LogP contribution in [0.5, 0.6) is 11.5 Å². The van der Waals surface area contributed by atoms with E-state index in [4.69, 9.17) is 9.47 Å². The van der Waals surface area contributed by atoms with Gasteiger partial charge in [-0.15, -0.1) is 0 Å². The molecular weight excluding hydrogens is 614 g/mol. The van der Waals surface area contributed by atoms with Gasteiger partial charge < -0.3 is 20.1 Å². The van der Waals surface area contributed by atoms with Crippen LogP contribution in [0.25, 0.3) is 11.1 Å². The maximum absolute atomic E-state index is 15.2. The summed E-state index contributed by atoms with van der Waals surface area (Å²) in [6.45, 7) is 6.87. The second-order valence-electron chi connectivity index (χ2n) is 10.8. The summed E-state index contributed by atoms with van der Waals surface area (Å²) in [5.41, 5.74) is -0.746. The van der Waals surface area contributed by atoms with Crippen LogP contribution in [0, 0.1) is 0 Å². The van der Waals surface area contributed by atoms with Crippen LogP contribution in [-0.2, 0) is 14.6 Å². The summed E-state index contributed by atoms with van der Waals surface area (Å²) in [6, 6.07) is 12.4. The molecule has 0 bridgehead atoms. The first-order valence-corrected chi connectivity index (χ1v) is 16.3. The van der Waals surface area contributed by atoms with Crippen LogP contribution < -0.4 is 25.4 Å². The van der Waals surface area contributed by atoms with E-state index in [0.29, 0.717) is 41.5 Å². The molecule has 8 nitrogen and oxygen atoms in total. The van der Waals surface area contributed by atoms with E-state index in [-0.39, 0.29) is 23.5 Å². The van der Waals surface area contributed by atoms with Crippen molar-refractivity contribution in [3.05, 3.63) is 72.3 Å². The van der Waals surface area contributed by atoms with Crippen LogP contribution in [-0.4, -0.2) is 64.8 Å². The minimum atomic E-state index is -4.85. The fraction of sp³-hybridized carbons (Fsp3) is 0.406. The van der Waals surface area contributed by atoms with Crippen LogP contribution in [0.3, 0.4) is 0 Å². The Hall–Kier alpha value is -3.84. The molecule has 2 atom stereocenters. The van der Waals surface area contributed by atoms with E-state index >= 15 is 4.39 Å². The Labute approximate surface area is 261 Å². The maximum Gasteiger partial charge on any atom is 0.407 e. The first kappa shape index (κ1) is 35.6. The van der Waals surface area contributed by atoms with Gasteiger partial charge in [0.2, 0.25) is 5.91 Å². The fourth-order valence-electron chi connectivity index (χ4n) is 4.55. The molecule has 3 rings (SSSR count). The summed E-state index contributed by atoms with van der Waals surface area (Å²) in [5, 5.41) is 7.81. The van der Waals surface area contributed by atoms with Crippen LogP contribution in [0.4, 0.5) is 23.2 Å². The molecule has 3 N–H and O–H groups in total. The standard InChI is InChI=1S/C32H39F4N3O5S/c1-6-43-26-17-14-24(20-27(26)44-7-2)37-18-19-38-30(40)29(31(3,4)33)39-28(32(34,35)36)23-10-8-21(9-11-23)22-12-15-25(16-13-22)45(5,41)42/h8-17,20,28-29,37,39H,6-7,18-19H2,1-5H3,(H,38,40). The van der Waals surface area contributed by atoms with Crippen molar-refractivity contribution in [1.82, 2.24) is 10.6 Å². The van der Waals surface area contributed by atoms with Crippen molar-refractivity contribution in [3.63, 3.8) is 0 Å². The molecule has 0 fully saturated rings. The first-order valence-electron chi connectivity index (χ1n) is 14.4. The van der Waals surface area contributed by atoms with E-state index in [1.54, 1.807) is 30.3 Å². The van der Waals surface area contributed by atoms with E-state index in [0.717, 1.165) is 20.1 Å². The normalized spacial score (nSPS) is 13.5. The number of hydrogen-bond donors (Lipinski definition) is 3. The molecule has 0 aliphatic heterocycles. The highest BCUT2D eigenvalue weighted by atomic mass is 32.2.